The van der Waals surface area contributed by atoms with Gasteiger partial charge in [0.2, 0.25) is 5.91 Å². The SMILES string of the molecule is CCc1ccc(CCOc2ccc(-c3nc(CCOc4ccc(CC5SC(=O)NC5=O)cc4)ccc3CC)cc2)nc1. The number of ether oxygens (including phenoxy) is 2. The largest absolute Gasteiger partial charge is 0.493 e. The molecule has 42 heavy (non-hydrogen) atoms. The highest BCUT2D eigenvalue weighted by atomic mass is 32.2. The Morgan fingerprint density at radius 1 is 0.762 bits per heavy atom. The quantitative estimate of drug-likeness (QED) is 0.195. The van der Waals surface area contributed by atoms with Crippen LogP contribution in [0.15, 0.2) is 79.0 Å². The number of aryl methyl sites for hydroxylation is 2. The van der Waals surface area contributed by atoms with Crippen molar-refractivity contribution in [3.05, 3.63) is 107 Å². The van der Waals surface area contributed by atoms with Crippen LogP contribution in [-0.2, 0) is 36.9 Å². The van der Waals surface area contributed by atoms with Crippen molar-refractivity contribution in [2.24, 2.45) is 0 Å². The number of nitrogens with zero attached hydrogens (tertiary/aromatic N) is 2. The fourth-order valence-electron chi connectivity index (χ4n) is 4.73. The van der Waals surface area contributed by atoms with Crippen LogP contribution in [0, 0.1) is 0 Å². The minimum Gasteiger partial charge on any atom is -0.493 e. The number of hydrogen-bond donors (Lipinski definition) is 1. The van der Waals surface area contributed by atoms with E-state index in [9.17, 15) is 9.59 Å². The number of carbonyl (C=O) groups is 2. The van der Waals surface area contributed by atoms with Gasteiger partial charge in [-0.3, -0.25) is 24.9 Å². The molecule has 216 valence electrons. The van der Waals surface area contributed by atoms with Crippen LogP contribution >= 0.6 is 11.8 Å². The smallest absolute Gasteiger partial charge is 0.286 e. The third-order valence-electron chi connectivity index (χ3n) is 7.20. The van der Waals surface area contributed by atoms with Crippen molar-refractivity contribution in [2.45, 2.75) is 51.2 Å². The van der Waals surface area contributed by atoms with E-state index in [0.717, 1.165) is 70.7 Å². The molecule has 1 saturated heterocycles. The number of amides is 2. The summed E-state index contributed by atoms with van der Waals surface area (Å²) >= 11 is 1.04. The van der Waals surface area contributed by atoms with E-state index in [1.165, 1.54) is 11.1 Å². The second kappa shape index (κ2) is 14.1. The minimum absolute atomic E-state index is 0.224. The first kappa shape index (κ1) is 29.3. The summed E-state index contributed by atoms with van der Waals surface area (Å²) in [5.74, 6) is 1.36. The summed E-state index contributed by atoms with van der Waals surface area (Å²) in [5.41, 5.74) is 7.47. The highest BCUT2D eigenvalue weighted by molar-refractivity contribution is 8.15. The van der Waals surface area contributed by atoms with Crippen LogP contribution in [0.2, 0.25) is 0 Å². The standard InChI is InChI=1S/C34H35N3O4S/c1-3-23-5-11-27(35-22-23)17-19-40-30-15-9-26(10-16-30)32-25(4-2)8-12-28(36-32)18-20-41-29-13-6-24(7-14-29)21-31-33(38)37-34(39)42-31/h5-16,22,31H,3-4,17-21H2,1-2H3,(H,37,38,39). The molecule has 1 fully saturated rings. The average Bonchev–Trinajstić information content (AvgIpc) is 3.34. The average molecular weight is 582 g/mol. The maximum Gasteiger partial charge on any atom is 0.286 e. The second-order valence-electron chi connectivity index (χ2n) is 10.1. The van der Waals surface area contributed by atoms with Gasteiger partial charge in [0.25, 0.3) is 5.24 Å². The molecule has 1 aliphatic rings. The Morgan fingerprint density at radius 2 is 1.40 bits per heavy atom. The monoisotopic (exact) mass is 581 g/mol. The molecule has 5 rings (SSSR count). The molecule has 0 aliphatic carbocycles. The number of benzene rings is 2. The van der Waals surface area contributed by atoms with Crippen LogP contribution < -0.4 is 14.8 Å². The summed E-state index contributed by atoms with van der Waals surface area (Å²) in [5, 5.41) is 1.68. The summed E-state index contributed by atoms with van der Waals surface area (Å²) in [6.45, 7) is 5.34. The second-order valence-corrected chi connectivity index (χ2v) is 11.3. The van der Waals surface area contributed by atoms with Gasteiger partial charge in [0.15, 0.2) is 0 Å². The van der Waals surface area contributed by atoms with Gasteiger partial charge < -0.3 is 9.47 Å². The lowest BCUT2D eigenvalue weighted by molar-refractivity contribution is -0.118. The number of nitrogens with one attached hydrogen (secondary N) is 1. The number of hydrogen-bond acceptors (Lipinski definition) is 7. The minimum atomic E-state index is -0.370. The number of rotatable bonds is 13. The maximum absolute atomic E-state index is 11.8. The molecule has 8 heteroatoms. The van der Waals surface area contributed by atoms with Gasteiger partial charge in [-0.15, -0.1) is 0 Å². The van der Waals surface area contributed by atoms with Crippen molar-refractivity contribution in [1.29, 1.82) is 0 Å². The molecule has 4 aromatic rings. The third-order valence-corrected chi connectivity index (χ3v) is 8.19. The summed E-state index contributed by atoms with van der Waals surface area (Å²) in [7, 11) is 0. The molecule has 0 bridgehead atoms. The Kier molecular flexibility index (Phi) is 9.87. The van der Waals surface area contributed by atoms with Gasteiger partial charge in [-0.25, -0.2) is 0 Å². The number of imide groups is 1. The zero-order valence-corrected chi connectivity index (χ0v) is 24.8. The fourth-order valence-corrected chi connectivity index (χ4v) is 5.59. The molecule has 1 N–H and O–H groups in total. The Labute approximate surface area is 251 Å². The first-order valence-corrected chi connectivity index (χ1v) is 15.3. The Morgan fingerprint density at radius 3 is 2.00 bits per heavy atom. The van der Waals surface area contributed by atoms with E-state index in [2.05, 4.69) is 60.5 Å². The molecule has 1 aliphatic heterocycles. The number of aromatic nitrogens is 2. The van der Waals surface area contributed by atoms with Gasteiger partial charge in [-0.2, -0.15) is 0 Å². The molecular weight excluding hydrogens is 546 g/mol. The predicted molar refractivity (Wildman–Crippen MR) is 166 cm³/mol. The van der Waals surface area contributed by atoms with Crippen LogP contribution in [0.3, 0.4) is 0 Å². The molecule has 2 amide bonds. The van der Waals surface area contributed by atoms with Crippen molar-refractivity contribution in [1.82, 2.24) is 15.3 Å². The third kappa shape index (κ3) is 7.76. The zero-order chi connectivity index (χ0) is 29.3. The van der Waals surface area contributed by atoms with E-state index in [0.29, 0.717) is 26.1 Å². The van der Waals surface area contributed by atoms with Crippen molar-refractivity contribution in [3.63, 3.8) is 0 Å². The predicted octanol–water partition coefficient (Wildman–Crippen LogP) is 6.41. The normalized spacial score (nSPS) is 14.6. The fraction of sp³-hybridized carbons (Fsp3) is 0.294. The van der Waals surface area contributed by atoms with Crippen LogP contribution in [-0.4, -0.2) is 39.6 Å². The van der Waals surface area contributed by atoms with Gasteiger partial charge >= 0.3 is 0 Å². The Balaban J connectivity index is 1.13. The molecule has 0 spiro atoms. The number of carbonyl (C=O) groups excluding carboxylic acids is 2. The van der Waals surface area contributed by atoms with Crippen LogP contribution in [0.25, 0.3) is 11.3 Å². The number of thioether (sulfide) groups is 1. The summed E-state index contributed by atoms with van der Waals surface area (Å²) in [4.78, 5) is 32.7. The van der Waals surface area contributed by atoms with Gasteiger partial charge in [-0.1, -0.05) is 49.9 Å². The summed E-state index contributed by atoms with van der Waals surface area (Å²) in [6.07, 6.45) is 5.77. The molecule has 1 atom stereocenters. The van der Waals surface area contributed by atoms with E-state index in [-0.39, 0.29) is 16.4 Å². The molecule has 0 saturated carbocycles. The van der Waals surface area contributed by atoms with E-state index in [1.807, 2.05) is 42.6 Å². The Bertz CT molecular complexity index is 1510. The van der Waals surface area contributed by atoms with Crippen molar-refractivity contribution in [2.75, 3.05) is 13.2 Å². The summed E-state index contributed by atoms with van der Waals surface area (Å²) in [6, 6.07) is 24.2. The lowest BCUT2D eigenvalue weighted by Gasteiger charge is -2.12. The number of pyridine rings is 2. The van der Waals surface area contributed by atoms with Gasteiger partial charge in [-0.05, 0) is 84.5 Å². The molecule has 2 aromatic carbocycles. The first-order valence-electron chi connectivity index (χ1n) is 14.4. The van der Waals surface area contributed by atoms with Crippen molar-refractivity contribution >= 4 is 22.9 Å². The van der Waals surface area contributed by atoms with E-state index >= 15 is 0 Å². The lowest BCUT2D eigenvalue weighted by Crippen LogP contribution is -2.25. The van der Waals surface area contributed by atoms with Crippen molar-refractivity contribution in [3.8, 4) is 22.8 Å². The van der Waals surface area contributed by atoms with Gasteiger partial charge in [0.05, 0.1) is 24.2 Å². The van der Waals surface area contributed by atoms with Crippen LogP contribution in [0.5, 0.6) is 11.5 Å². The first-order chi connectivity index (χ1) is 20.5. The van der Waals surface area contributed by atoms with E-state index in [1.54, 1.807) is 0 Å². The zero-order valence-electron chi connectivity index (χ0n) is 24.0. The summed E-state index contributed by atoms with van der Waals surface area (Å²) < 4.78 is 11.9. The molecular formula is C34H35N3O4S. The van der Waals surface area contributed by atoms with Gasteiger partial charge in [0.1, 0.15) is 11.5 Å². The molecule has 2 aromatic heterocycles. The van der Waals surface area contributed by atoms with Crippen molar-refractivity contribution < 1.29 is 19.1 Å². The molecule has 3 heterocycles. The van der Waals surface area contributed by atoms with Crippen LogP contribution in [0.1, 0.15) is 41.9 Å². The van der Waals surface area contributed by atoms with E-state index < -0.39 is 0 Å². The highest BCUT2D eigenvalue weighted by Gasteiger charge is 2.31. The van der Waals surface area contributed by atoms with E-state index in [4.69, 9.17) is 14.5 Å². The highest BCUT2D eigenvalue weighted by Crippen LogP contribution is 2.26. The molecule has 1 unspecified atom stereocenters. The van der Waals surface area contributed by atoms with Gasteiger partial charge in [0, 0.05) is 36.0 Å². The van der Waals surface area contributed by atoms with Crippen LogP contribution in [0.4, 0.5) is 4.79 Å². The Hall–Kier alpha value is -4.17. The topological polar surface area (TPSA) is 90.4 Å². The molecule has 0 radical (unpaired) electrons. The molecule has 7 nitrogen and oxygen atoms in total. The maximum atomic E-state index is 11.8. The lowest BCUT2D eigenvalue weighted by atomic mass is 10.0.